The summed E-state index contributed by atoms with van der Waals surface area (Å²) in [5.41, 5.74) is 6.00. The number of amides is 4. The number of hydrogen-bond donors (Lipinski definition) is 1. The quantitative estimate of drug-likeness (QED) is 0.255. The number of carbonyl (C=O) groups is 3. The molecule has 0 saturated carbocycles. The van der Waals surface area contributed by atoms with Crippen LogP contribution in [0.4, 0.5) is 10.5 Å². The van der Waals surface area contributed by atoms with E-state index in [1.54, 1.807) is 12.1 Å². The molecule has 4 aromatic rings. The van der Waals surface area contributed by atoms with Crippen LogP contribution >= 0.6 is 0 Å². The van der Waals surface area contributed by atoms with Gasteiger partial charge in [-0.3, -0.25) is 14.9 Å². The first-order valence-corrected chi connectivity index (χ1v) is 12.4. The summed E-state index contributed by atoms with van der Waals surface area (Å²) in [7, 11) is 0. The van der Waals surface area contributed by atoms with Gasteiger partial charge in [-0.05, 0) is 84.5 Å². The fraction of sp³-hybridized carbons (Fsp3) is 0.156. The van der Waals surface area contributed by atoms with Crippen LogP contribution in [0.25, 0.3) is 16.8 Å². The summed E-state index contributed by atoms with van der Waals surface area (Å²) < 4.78 is 6.24. The average Bonchev–Trinajstić information content (AvgIpc) is 2.90. The molecule has 1 N–H and O–H groups in total. The summed E-state index contributed by atoms with van der Waals surface area (Å²) in [6.45, 7) is 8.19. The number of rotatable bonds is 5. The van der Waals surface area contributed by atoms with E-state index in [1.165, 1.54) is 17.2 Å². The second kappa shape index (κ2) is 9.98. The van der Waals surface area contributed by atoms with Crippen molar-refractivity contribution in [1.82, 2.24) is 5.32 Å². The molecule has 1 heterocycles. The number of urea groups is 1. The van der Waals surface area contributed by atoms with Crippen LogP contribution in [0.3, 0.4) is 0 Å². The smallest absolute Gasteiger partial charge is 0.335 e. The molecular weight excluding hydrogens is 476 g/mol. The van der Waals surface area contributed by atoms with E-state index in [-0.39, 0.29) is 5.57 Å². The molecule has 0 aromatic heterocycles. The summed E-state index contributed by atoms with van der Waals surface area (Å²) in [6.07, 6.45) is 1.53. The van der Waals surface area contributed by atoms with Crippen LogP contribution in [-0.2, 0) is 16.2 Å². The highest BCUT2D eigenvalue weighted by Gasteiger charge is 2.37. The maximum Gasteiger partial charge on any atom is 0.335 e. The Morgan fingerprint density at radius 3 is 2.39 bits per heavy atom. The van der Waals surface area contributed by atoms with Gasteiger partial charge in [-0.25, -0.2) is 9.69 Å². The Kier molecular flexibility index (Phi) is 6.55. The van der Waals surface area contributed by atoms with Gasteiger partial charge in [0.2, 0.25) is 0 Å². The van der Waals surface area contributed by atoms with Crippen molar-refractivity contribution in [1.29, 1.82) is 0 Å². The Balaban J connectivity index is 1.59. The molecule has 0 unspecified atom stereocenters. The van der Waals surface area contributed by atoms with Crippen LogP contribution in [0.5, 0.6) is 5.75 Å². The molecule has 1 aliphatic heterocycles. The second-order valence-corrected chi connectivity index (χ2v) is 9.58. The van der Waals surface area contributed by atoms with E-state index in [1.807, 2.05) is 62.4 Å². The molecule has 0 atom stereocenters. The average molecular weight is 505 g/mol. The van der Waals surface area contributed by atoms with E-state index in [4.69, 9.17) is 4.74 Å². The van der Waals surface area contributed by atoms with E-state index in [9.17, 15) is 14.4 Å². The third-order valence-corrected chi connectivity index (χ3v) is 7.10. The van der Waals surface area contributed by atoms with Crippen molar-refractivity contribution in [3.8, 4) is 5.75 Å². The molecule has 0 spiro atoms. The van der Waals surface area contributed by atoms with Crippen molar-refractivity contribution in [2.75, 3.05) is 4.90 Å². The van der Waals surface area contributed by atoms with Crippen LogP contribution in [0.2, 0.25) is 0 Å². The topological polar surface area (TPSA) is 75.7 Å². The van der Waals surface area contributed by atoms with E-state index >= 15 is 0 Å². The molecule has 1 saturated heterocycles. The van der Waals surface area contributed by atoms with Crippen LogP contribution in [0, 0.1) is 27.7 Å². The van der Waals surface area contributed by atoms with Crippen LogP contribution in [0.1, 0.15) is 33.4 Å². The maximum atomic E-state index is 13.6. The first-order valence-electron chi connectivity index (χ1n) is 12.4. The second-order valence-electron chi connectivity index (χ2n) is 9.58. The van der Waals surface area contributed by atoms with Gasteiger partial charge in [0.1, 0.15) is 17.9 Å². The number of imide groups is 2. The number of aryl methyl sites for hydroxylation is 3. The number of benzene rings is 4. The lowest BCUT2D eigenvalue weighted by Gasteiger charge is -2.28. The Morgan fingerprint density at radius 2 is 1.61 bits per heavy atom. The molecule has 1 aliphatic rings. The largest absolute Gasteiger partial charge is 0.488 e. The zero-order valence-electron chi connectivity index (χ0n) is 21.8. The van der Waals surface area contributed by atoms with Gasteiger partial charge in [-0.15, -0.1) is 0 Å². The molecule has 38 heavy (non-hydrogen) atoms. The van der Waals surface area contributed by atoms with Gasteiger partial charge >= 0.3 is 6.03 Å². The minimum atomic E-state index is -0.769. The van der Waals surface area contributed by atoms with Crippen molar-refractivity contribution in [3.05, 3.63) is 112 Å². The molecule has 4 aromatic carbocycles. The third kappa shape index (κ3) is 4.57. The summed E-state index contributed by atoms with van der Waals surface area (Å²) in [6, 6.07) is 22.3. The molecule has 0 radical (unpaired) electrons. The van der Waals surface area contributed by atoms with Gasteiger partial charge in [-0.1, -0.05) is 60.7 Å². The first-order chi connectivity index (χ1) is 18.2. The van der Waals surface area contributed by atoms with Gasteiger partial charge in [-0.2, -0.15) is 0 Å². The fourth-order valence-electron chi connectivity index (χ4n) is 4.60. The third-order valence-electron chi connectivity index (χ3n) is 7.10. The lowest BCUT2D eigenvalue weighted by molar-refractivity contribution is -0.122. The minimum absolute atomic E-state index is 0.141. The number of nitrogens with one attached hydrogen (secondary N) is 1. The number of hydrogen-bond acceptors (Lipinski definition) is 4. The Morgan fingerprint density at radius 1 is 0.816 bits per heavy atom. The highest BCUT2D eigenvalue weighted by Crippen LogP contribution is 2.33. The predicted molar refractivity (Wildman–Crippen MR) is 149 cm³/mol. The standard InChI is InChI=1S/C32H28N2O4/c1-19-12-13-23(16-21(19)3)18-38-29-15-14-24-9-5-6-10-25(24)26(29)17-27-30(35)33-32(37)34(31(27)36)28-11-7-8-20(2)22(28)4/h5-17H,18H2,1-4H3,(H,33,35,37)/b27-17+. The first kappa shape index (κ1) is 25.0. The summed E-state index contributed by atoms with van der Waals surface area (Å²) >= 11 is 0. The molecule has 0 aliphatic carbocycles. The number of fused-ring (bicyclic) bond motifs is 1. The summed E-state index contributed by atoms with van der Waals surface area (Å²) in [5, 5.41) is 4.09. The number of barbiturate groups is 1. The van der Waals surface area contributed by atoms with Crippen molar-refractivity contribution in [2.45, 2.75) is 34.3 Å². The van der Waals surface area contributed by atoms with Crippen molar-refractivity contribution >= 4 is 40.4 Å². The monoisotopic (exact) mass is 504 g/mol. The van der Waals surface area contributed by atoms with Crippen LogP contribution in [0.15, 0.2) is 78.4 Å². The number of carbonyl (C=O) groups excluding carboxylic acids is 3. The number of anilines is 1. The van der Waals surface area contributed by atoms with Gasteiger partial charge in [0, 0.05) is 5.56 Å². The lowest BCUT2D eigenvalue weighted by atomic mass is 9.99. The van der Waals surface area contributed by atoms with Gasteiger partial charge in [0.05, 0.1) is 5.69 Å². The zero-order chi connectivity index (χ0) is 27.0. The van der Waals surface area contributed by atoms with Gasteiger partial charge in [0.15, 0.2) is 0 Å². The zero-order valence-corrected chi connectivity index (χ0v) is 21.8. The molecule has 6 nitrogen and oxygen atoms in total. The molecule has 0 bridgehead atoms. The van der Waals surface area contributed by atoms with Crippen molar-refractivity contribution in [3.63, 3.8) is 0 Å². The number of nitrogens with zero attached hydrogens (tertiary/aromatic N) is 1. The molecule has 6 heteroatoms. The van der Waals surface area contributed by atoms with Crippen LogP contribution < -0.4 is 15.0 Å². The summed E-state index contributed by atoms with van der Waals surface area (Å²) in [4.78, 5) is 40.4. The Hall–Kier alpha value is -4.71. The molecule has 4 amide bonds. The lowest BCUT2D eigenvalue weighted by Crippen LogP contribution is -2.54. The van der Waals surface area contributed by atoms with E-state index in [0.717, 1.165) is 32.4 Å². The van der Waals surface area contributed by atoms with Crippen molar-refractivity contribution < 1.29 is 19.1 Å². The normalized spacial score (nSPS) is 14.8. The highest BCUT2D eigenvalue weighted by molar-refractivity contribution is 6.39. The molecular formula is C32H28N2O4. The maximum absolute atomic E-state index is 13.6. The fourth-order valence-corrected chi connectivity index (χ4v) is 4.60. The Labute approximate surface area is 221 Å². The van der Waals surface area contributed by atoms with Crippen LogP contribution in [-0.4, -0.2) is 17.8 Å². The van der Waals surface area contributed by atoms with E-state index < -0.39 is 17.8 Å². The SMILES string of the molecule is Cc1ccc(COc2ccc3ccccc3c2/C=C2\C(=O)NC(=O)N(c3cccc(C)c3C)C2=O)cc1C. The van der Waals surface area contributed by atoms with Gasteiger partial charge in [0.25, 0.3) is 11.8 Å². The van der Waals surface area contributed by atoms with E-state index in [2.05, 4.69) is 31.3 Å². The molecule has 5 rings (SSSR count). The molecule has 1 fully saturated rings. The van der Waals surface area contributed by atoms with Gasteiger partial charge < -0.3 is 4.74 Å². The predicted octanol–water partition coefficient (Wildman–Crippen LogP) is 6.32. The number of ether oxygens (including phenoxy) is 1. The summed E-state index contributed by atoms with van der Waals surface area (Å²) in [5.74, 6) is -0.889. The Bertz CT molecular complexity index is 1650. The molecule has 190 valence electrons. The van der Waals surface area contributed by atoms with E-state index in [0.29, 0.717) is 23.6 Å². The highest BCUT2D eigenvalue weighted by atomic mass is 16.5. The van der Waals surface area contributed by atoms with Crippen molar-refractivity contribution in [2.24, 2.45) is 0 Å². The minimum Gasteiger partial charge on any atom is -0.488 e.